The number of hydrogen-bond acceptors (Lipinski definition) is 3. The van der Waals surface area contributed by atoms with Gasteiger partial charge in [-0.3, -0.25) is 0 Å². The molecule has 21 heavy (non-hydrogen) atoms. The first kappa shape index (κ1) is 16.9. The average Bonchev–Trinajstić information content (AvgIpc) is 2.77. The second-order valence-corrected chi connectivity index (χ2v) is 8.26. The smallest absolute Gasteiger partial charge is 0.247 e. The number of alkyl halides is 1. The number of ether oxygens (including phenoxy) is 1. The van der Waals surface area contributed by atoms with Crippen LogP contribution in [-0.4, -0.2) is 31.9 Å². The maximum Gasteiger partial charge on any atom is 0.247 e. The summed E-state index contributed by atoms with van der Waals surface area (Å²) >= 11 is 11.9. The van der Waals surface area contributed by atoms with Gasteiger partial charge in [0.25, 0.3) is 0 Å². The van der Waals surface area contributed by atoms with Crippen molar-refractivity contribution in [2.75, 3.05) is 13.7 Å². The Morgan fingerprint density at radius 3 is 2.52 bits per heavy atom. The Hall–Kier alpha value is -0.490. The number of rotatable bonds is 4. The fourth-order valence-corrected chi connectivity index (χ4v) is 5.37. The number of hydrogen-bond donors (Lipinski definition) is 0. The van der Waals surface area contributed by atoms with Crippen molar-refractivity contribution < 1.29 is 13.2 Å². The maximum atomic E-state index is 13.0. The standard InChI is InChI=1S/C14H19Cl2NO3S/c1-14(2)5-4-6-17(14)21(18,19)12-8-11(16)7-10(9-15)13(12)20-3/h7-8H,4-6,9H2,1-3H3. The lowest BCUT2D eigenvalue weighted by Gasteiger charge is -2.31. The molecule has 0 aromatic heterocycles. The summed E-state index contributed by atoms with van der Waals surface area (Å²) in [5.41, 5.74) is 0.162. The summed E-state index contributed by atoms with van der Waals surface area (Å²) in [5.74, 6) is 0.410. The van der Waals surface area contributed by atoms with Crippen LogP contribution in [0.15, 0.2) is 17.0 Å². The van der Waals surface area contributed by atoms with E-state index in [2.05, 4.69) is 0 Å². The first-order valence-corrected chi connectivity index (χ1v) is 9.04. The highest BCUT2D eigenvalue weighted by molar-refractivity contribution is 7.89. The van der Waals surface area contributed by atoms with Crippen molar-refractivity contribution in [1.29, 1.82) is 0 Å². The van der Waals surface area contributed by atoms with Crippen molar-refractivity contribution in [3.05, 3.63) is 22.7 Å². The van der Waals surface area contributed by atoms with E-state index in [0.717, 1.165) is 12.8 Å². The molecule has 1 aliphatic rings. The van der Waals surface area contributed by atoms with Crippen molar-refractivity contribution in [3.63, 3.8) is 0 Å². The van der Waals surface area contributed by atoms with Crippen LogP contribution in [-0.2, 0) is 15.9 Å². The highest BCUT2D eigenvalue weighted by atomic mass is 35.5. The van der Waals surface area contributed by atoms with Gasteiger partial charge in [-0.15, -0.1) is 11.6 Å². The van der Waals surface area contributed by atoms with Gasteiger partial charge in [-0.25, -0.2) is 8.42 Å². The van der Waals surface area contributed by atoms with Crippen LogP contribution in [0.25, 0.3) is 0 Å². The Morgan fingerprint density at radius 1 is 1.38 bits per heavy atom. The Kier molecular flexibility index (Phi) is 4.78. The molecule has 4 nitrogen and oxygen atoms in total. The Morgan fingerprint density at radius 2 is 2.05 bits per heavy atom. The van der Waals surface area contributed by atoms with Crippen LogP contribution in [0.1, 0.15) is 32.3 Å². The highest BCUT2D eigenvalue weighted by Gasteiger charge is 2.42. The second-order valence-electron chi connectivity index (χ2n) is 5.72. The molecule has 0 bridgehead atoms. The number of benzene rings is 1. The molecule has 7 heteroatoms. The van der Waals surface area contributed by atoms with Crippen molar-refractivity contribution in [1.82, 2.24) is 4.31 Å². The van der Waals surface area contributed by atoms with E-state index < -0.39 is 15.6 Å². The van der Waals surface area contributed by atoms with Crippen LogP contribution >= 0.6 is 23.2 Å². The van der Waals surface area contributed by atoms with Gasteiger partial charge in [0.05, 0.1) is 13.0 Å². The highest BCUT2D eigenvalue weighted by Crippen LogP contribution is 2.39. The molecule has 1 aromatic rings. The quantitative estimate of drug-likeness (QED) is 0.777. The molecular weight excluding hydrogens is 333 g/mol. The van der Waals surface area contributed by atoms with E-state index in [1.54, 1.807) is 6.07 Å². The molecule has 0 spiro atoms. The van der Waals surface area contributed by atoms with Crippen LogP contribution < -0.4 is 4.74 Å². The van der Waals surface area contributed by atoms with E-state index in [4.69, 9.17) is 27.9 Å². The molecule has 1 aliphatic heterocycles. The normalized spacial score (nSPS) is 18.9. The molecule has 0 atom stereocenters. The third-order valence-electron chi connectivity index (χ3n) is 3.84. The monoisotopic (exact) mass is 351 g/mol. The molecule has 0 amide bonds. The number of halogens is 2. The van der Waals surface area contributed by atoms with Gasteiger partial charge in [0.15, 0.2) is 0 Å². The summed E-state index contributed by atoms with van der Waals surface area (Å²) in [6.07, 6.45) is 1.68. The van der Waals surface area contributed by atoms with E-state index in [1.165, 1.54) is 17.5 Å². The molecule has 0 N–H and O–H groups in total. The lowest BCUT2D eigenvalue weighted by molar-refractivity contribution is 0.290. The lowest BCUT2D eigenvalue weighted by Crippen LogP contribution is -2.42. The molecule has 0 radical (unpaired) electrons. The number of nitrogens with zero attached hydrogens (tertiary/aromatic N) is 1. The Labute approximate surface area is 136 Å². The van der Waals surface area contributed by atoms with E-state index in [1.807, 2.05) is 13.8 Å². The SMILES string of the molecule is COc1c(CCl)cc(Cl)cc1S(=O)(=O)N1CCCC1(C)C. The van der Waals surface area contributed by atoms with Crippen molar-refractivity contribution in [3.8, 4) is 5.75 Å². The minimum absolute atomic E-state index is 0.0862. The number of methoxy groups -OCH3 is 1. The summed E-state index contributed by atoms with van der Waals surface area (Å²) < 4.78 is 32.8. The molecule has 2 rings (SSSR count). The Bertz CT molecular complexity index is 644. The van der Waals surface area contributed by atoms with E-state index in [0.29, 0.717) is 17.1 Å². The van der Waals surface area contributed by atoms with Crippen molar-refractivity contribution in [2.24, 2.45) is 0 Å². The molecular formula is C14H19Cl2NO3S. The molecule has 0 unspecified atom stereocenters. The van der Waals surface area contributed by atoms with Crippen LogP contribution in [0.4, 0.5) is 0 Å². The Balaban J connectivity index is 2.62. The van der Waals surface area contributed by atoms with Gasteiger partial charge in [0.2, 0.25) is 10.0 Å². The van der Waals surface area contributed by atoms with Gasteiger partial charge in [0, 0.05) is 22.7 Å². The molecule has 1 fully saturated rings. The summed E-state index contributed by atoms with van der Waals surface area (Å²) in [6.45, 7) is 4.36. The predicted octanol–water partition coefficient (Wildman–Crippen LogP) is 3.65. The third-order valence-corrected chi connectivity index (χ3v) is 6.46. The average molecular weight is 352 g/mol. The van der Waals surface area contributed by atoms with Gasteiger partial charge >= 0.3 is 0 Å². The maximum absolute atomic E-state index is 13.0. The summed E-state index contributed by atoms with van der Waals surface area (Å²) in [6, 6.07) is 3.06. The zero-order valence-corrected chi connectivity index (χ0v) is 14.6. The van der Waals surface area contributed by atoms with Crippen molar-refractivity contribution >= 4 is 33.2 Å². The zero-order chi connectivity index (χ0) is 15.8. The minimum Gasteiger partial charge on any atom is -0.495 e. The lowest BCUT2D eigenvalue weighted by atomic mass is 10.0. The topological polar surface area (TPSA) is 46.6 Å². The summed E-state index contributed by atoms with van der Waals surface area (Å²) in [5, 5.41) is 0.335. The minimum atomic E-state index is -3.68. The van der Waals surface area contributed by atoms with Gasteiger partial charge in [-0.05, 0) is 38.8 Å². The van der Waals surface area contributed by atoms with Gasteiger partial charge in [-0.1, -0.05) is 11.6 Å². The van der Waals surface area contributed by atoms with Crippen LogP contribution in [0.2, 0.25) is 5.02 Å². The third kappa shape index (κ3) is 3.02. The first-order chi connectivity index (χ1) is 9.74. The van der Waals surface area contributed by atoms with E-state index >= 15 is 0 Å². The van der Waals surface area contributed by atoms with Crippen LogP contribution in [0, 0.1) is 0 Å². The van der Waals surface area contributed by atoms with E-state index in [-0.39, 0.29) is 16.5 Å². The first-order valence-electron chi connectivity index (χ1n) is 6.69. The largest absolute Gasteiger partial charge is 0.495 e. The summed E-state index contributed by atoms with van der Waals surface area (Å²) in [4.78, 5) is 0.0862. The van der Waals surface area contributed by atoms with Crippen LogP contribution in [0.3, 0.4) is 0 Å². The molecule has 1 aromatic carbocycles. The molecule has 1 heterocycles. The fraction of sp³-hybridized carbons (Fsp3) is 0.571. The second kappa shape index (κ2) is 5.95. The number of sulfonamides is 1. The summed E-state index contributed by atoms with van der Waals surface area (Å²) in [7, 11) is -2.24. The molecule has 0 aliphatic carbocycles. The van der Waals surface area contributed by atoms with Gasteiger partial charge in [-0.2, -0.15) is 4.31 Å². The zero-order valence-electron chi connectivity index (χ0n) is 12.3. The van der Waals surface area contributed by atoms with Gasteiger partial charge in [0.1, 0.15) is 10.6 Å². The fourth-order valence-electron chi connectivity index (χ4n) is 2.79. The van der Waals surface area contributed by atoms with E-state index in [9.17, 15) is 8.42 Å². The molecule has 118 valence electrons. The van der Waals surface area contributed by atoms with Gasteiger partial charge < -0.3 is 4.74 Å². The van der Waals surface area contributed by atoms with Crippen molar-refractivity contribution in [2.45, 2.75) is 43.0 Å². The molecule has 1 saturated heterocycles. The molecule has 0 saturated carbocycles. The predicted molar refractivity (Wildman–Crippen MR) is 84.8 cm³/mol. The van der Waals surface area contributed by atoms with Crippen LogP contribution in [0.5, 0.6) is 5.75 Å².